The number of sulfonamides is 1. The number of hydrogen-bond donors (Lipinski definition) is 1. The first-order valence-corrected chi connectivity index (χ1v) is 7.72. The van der Waals surface area contributed by atoms with Crippen LogP contribution in [0.25, 0.3) is 0 Å². The molecule has 5 nitrogen and oxygen atoms in total. The Balaban J connectivity index is 2.51. The van der Waals surface area contributed by atoms with Gasteiger partial charge in [0.25, 0.3) is 0 Å². The van der Waals surface area contributed by atoms with Gasteiger partial charge in [-0.25, -0.2) is 13.1 Å². The van der Waals surface area contributed by atoms with Crippen LogP contribution < -0.4 is 4.72 Å². The Hall–Kier alpha value is -0.370. The van der Waals surface area contributed by atoms with Crippen molar-refractivity contribution in [2.24, 2.45) is 0 Å². The highest BCUT2D eigenvalue weighted by Crippen LogP contribution is 2.21. The highest BCUT2D eigenvalue weighted by atomic mass is 35.5. The first kappa shape index (κ1) is 16.7. The molecule has 0 saturated heterocycles. The summed E-state index contributed by atoms with van der Waals surface area (Å²) in [5, 5.41) is 0.536. The molecule has 0 spiro atoms. The van der Waals surface area contributed by atoms with Gasteiger partial charge in [0.2, 0.25) is 10.0 Å². The van der Waals surface area contributed by atoms with Crippen LogP contribution in [0.1, 0.15) is 0 Å². The van der Waals surface area contributed by atoms with E-state index in [1.54, 1.807) is 7.11 Å². The maximum absolute atomic E-state index is 11.9. The molecule has 0 aliphatic carbocycles. The number of rotatable bonds is 8. The van der Waals surface area contributed by atoms with Crippen molar-refractivity contribution in [2.75, 3.05) is 33.5 Å². The van der Waals surface area contributed by atoms with E-state index in [0.717, 1.165) is 0 Å². The van der Waals surface area contributed by atoms with Gasteiger partial charge in [0.05, 0.1) is 24.7 Å². The summed E-state index contributed by atoms with van der Waals surface area (Å²) in [5.41, 5.74) is 0. The van der Waals surface area contributed by atoms with Gasteiger partial charge in [-0.1, -0.05) is 23.2 Å². The minimum Gasteiger partial charge on any atom is -0.382 e. The van der Waals surface area contributed by atoms with Crippen LogP contribution in [-0.2, 0) is 19.5 Å². The molecule has 0 amide bonds. The van der Waals surface area contributed by atoms with Crippen molar-refractivity contribution < 1.29 is 17.9 Å². The molecular weight excluding hydrogens is 313 g/mol. The summed E-state index contributed by atoms with van der Waals surface area (Å²) in [6, 6.07) is 4.14. The zero-order valence-corrected chi connectivity index (χ0v) is 12.7. The first-order valence-electron chi connectivity index (χ1n) is 5.48. The Labute approximate surface area is 122 Å². The van der Waals surface area contributed by atoms with Gasteiger partial charge in [-0.05, 0) is 18.2 Å². The molecule has 19 heavy (non-hydrogen) atoms. The van der Waals surface area contributed by atoms with Crippen molar-refractivity contribution in [2.45, 2.75) is 4.90 Å². The second kappa shape index (κ2) is 8.04. The van der Waals surface area contributed by atoms with E-state index in [9.17, 15) is 8.42 Å². The molecule has 0 heterocycles. The monoisotopic (exact) mass is 327 g/mol. The Morgan fingerprint density at radius 1 is 1.11 bits per heavy atom. The second-order valence-electron chi connectivity index (χ2n) is 3.61. The van der Waals surface area contributed by atoms with E-state index < -0.39 is 10.0 Å². The minimum absolute atomic E-state index is 0.0295. The average molecular weight is 328 g/mol. The zero-order valence-electron chi connectivity index (χ0n) is 10.4. The SMILES string of the molecule is COCCOCCNS(=O)(=O)c1cc(Cl)cc(Cl)c1. The van der Waals surface area contributed by atoms with Crippen LogP contribution in [0.4, 0.5) is 0 Å². The molecule has 1 aromatic carbocycles. The van der Waals surface area contributed by atoms with Gasteiger partial charge >= 0.3 is 0 Å². The highest BCUT2D eigenvalue weighted by Gasteiger charge is 2.14. The summed E-state index contributed by atoms with van der Waals surface area (Å²) in [4.78, 5) is 0.0295. The predicted octanol–water partition coefficient (Wildman–Crippen LogP) is 1.93. The summed E-state index contributed by atoms with van der Waals surface area (Å²) in [6.45, 7) is 1.31. The molecule has 0 fully saturated rings. The quantitative estimate of drug-likeness (QED) is 0.741. The maximum atomic E-state index is 11.9. The summed E-state index contributed by atoms with van der Waals surface area (Å²) >= 11 is 11.5. The number of hydrogen-bond acceptors (Lipinski definition) is 4. The summed E-state index contributed by atoms with van der Waals surface area (Å²) in [6.07, 6.45) is 0. The molecule has 8 heteroatoms. The fraction of sp³-hybridized carbons (Fsp3) is 0.455. The van der Waals surface area contributed by atoms with Crippen molar-refractivity contribution in [1.82, 2.24) is 4.72 Å². The average Bonchev–Trinajstić information content (AvgIpc) is 2.32. The molecule has 0 aliphatic rings. The standard InChI is InChI=1S/C11H15Cl2NO4S/c1-17-4-5-18-3-2-14-19(15,16)11-7-9(12)6-10(13)8-11/h6-8,14H,2-5H2,1H3. The lowest BCUT2D eigenvalue weighted by Gasteiger charge is -2.08. The topological polar surface area (TPSA) is 64.6 Å². The number of ether oxygens (including phenoxy) is 2. The molecule has 108 valence electrons. The van der Waals surface area contributed by atoms with Gasteiger partial charge in [-0.15, -0.1) is 0 Å². The smallest absolute Gasteiger partial charge is 0.240 e. The van der Waals surface area contributed by atoms with Crippen molar-refractivity contribution in [3.63, 3.8) is 0 Å². The van der Waals surface area contributed by atoms with Crippen molar-refractivity contribution in [1.29, 1.82) is 0 Å². The van der Waals surface area contributed by atoms with Crippen molar-refractivity contribution in [3.8, 4) is 0 Å². The van der Waals surface area contributed by atoms with Gasteiger partial charge in [-0.2, -0.15) is 0 Å². The van der Waals surface area contributed by atoms with Crippen LogP contribution in [0, 0.1) is 0 Å². The third-order valence-corrected chi connectivity index (χ3v) is 3.99. The molecule has 0 aromatic heterocycles. The molecule has 0 bridgehead atoms. The van der Waals surface area contributed by atoms with Crippen molar-refractivity contribution in [3.05, 3.63) is 28.2 Å². The van der Waals surface area contributed by atoms with E-state index in [4.69, 9.17) is 32.7 Å². The van der Waals surface area contributed by atoms with E-state index in [1.165, 1.54) is 18.2 Å². The third-order valence-electron chi connectivity index (χ3n) is 2.12. The highest BCUT2D eigenvalue weighted by molar-refractivity contribution is 7.89. The number of halogens is 2. The summed E-state index contributed by atoms with van der Waals surface area (Å²) in [5.74, 6) is 0. The van der Waals surface area contributed by atoms with Crippen LogP contribution in [-0.4, -0.2) is 41.9 Å². The van der Waals surface area contributed by atoms with Gasteiger partial charge in [0, 0.05) is 23.7 Å². The van der Waals surface area contributed by atoms with Gasteiger partial charge < -0.3 is 9.47 Å². The lowest BCUT2D eigenvalue weighted by molar-refractivity contribution is 0.0736. The van der Waals surface area contributed by atoms with Crippen LogP contribution >= 0.6 is 23.2 Å². The molecule has 1 N–H and O–H groups in total. The third kappa shape index (κ3) is 6.07. The lowest BCUT2D eigenvalue weighted by atomic mass is 10.4. The number of methoxy groups -OCH3 is 1. The fourth-order valence-corrected chi connectivity index (χ4v) is 3.00. The van der Waals surface area contributed by atoms with Gasteiger partial charge in [0.15, 0.2) is 0 Å². The van der Waals surface area contributed by atoms with Crippen LogP contribution in [0.5, 0.6) is 0 Å². The summed E-state index contributed by atoms with van der Waals surface area (Å²) in [7, 11) is -2.06. The van der Waals surface area contributed by atoms with Crippen LogP contribution in [0.15, 0.2) is 23.1 Å². The van der Waals surface area contributed by atoms with E-state index in [0.29, 0.717) is 13.2 Å². The van der Waals surface area contributed by atoms with E-state index in [-0.39, 0.29) is 28.1 Å². The molecule has 0 aliphatic heterocycles. The Kier molecular flexibility index (Phi) is 7.06. The minimum atomic E-state index is -3.63. The molecule has 0 saturated carbocycles. The molecule has 0 unspecified atom stereocenters. The molecule has 0 atom stereocenters. The second-order valence-corrected chi connectivity index (χ2v) is 6.25. The van der Waals surface area contributed by atoms with Crippen LogP contribution in [0.2, 0.25) is 10.0 Å². The molecule has 0 radical (unpaired) electrons. The molecule has 1 rings (SSSR count). The van der Waals surface area contributed by atoms with Gasteiger partial charge in [0.1, 0.15) is 0 Å². The normalized spacial score (nSPS) is 11.7. The number of benzene rings is 1. The van der Waals surface area contributed by atoms with Gasteiger partial charge in [-0.3, -0.25) is 0 Å². The van der Waals surface area contributed by atoms with Crippen LogP contribution in [0.3, 0.4) is 0 Å². The first-order chi connectivity index (χ1) is 8.95. The molecular formula is C11H15Cl2NO4S. The van der Waals surface area contributed by atoms with Crippen molar-refractivity contribution >= 4 is 33.2 Å². The summed E-state index contributed by atoms with van der Waals surface area (Å²) < 4.78 is 36.2. The largest absolute Gasteiger partial charge is 0.382 e. The zero-order chi connectivity index (χ0) is 14.3. The fourth-order valence-electron chi connectivity index (χ4n) is 1.26. The Bertz CT molecular complexity index is 487. The van der Waals surface area contributed by atoms with E-state index >= 15 is 0 Å². The molecule has 1 aromatic rings. The van der Waals surface area contributed by atoms with E-state index in [2.05, 4.69) is 4.72 Å². The lowest BCUT2D eigenvalue weighted by Crippen LogP contribution is -2.27. The van der Waals surface area contributed by atoms with E-state index in [1.807, 2.05) is 0 Å². The Morgan fingerprint density at radius 3 is 2.32 bits per heavy atom. The predicted molar refractivity (Wildman–Crippen MR) is 74.3 cm³/mol. The number of nitrogens with one attached hydrogen (secondary N) is 1. The maximum Gasteiger partial charge on any atom is 0.240 e. The Morgan fingerprint density at radius 2 is 1.74 bits per heavy atom.